The molecule has 1 aromatic heterocycles. The molecule has 0 bridgehead atoms. The molecule has 0 aliphatic heterocycles. The SMILES string of the molecule is CC(CCN(C)C)n1c(=S)[nH]c2cc(Br)ccc21. The maximum absolute atomic E-state index is 5.43. The molecule has 1 heterocycles. The van der Waals surface area contributed by atoms with Crippen LogP contribution in [-0.2, 0) is 0 Å². The summed E-state index contributed by atoms with van der Waals surface area (Å²) in [6, 6.07) is 6.63. The van der Waals surface area contributed by atoms with E-state index in [0.29, 0.717) is 6.04 Å². The lowest BCUT2D eigenvalue weighted by atomic mass is 10.2. The Morgan fingerprint density at radius 2 is 2.17 bits per heavy atom. The van der Waals surface area contributed by atoms with Crippen molar-refractivity contribution in [2.45, 2.75) is 19.4 Å². The molecule has 3 nitrogen and oxygen atoms in total. The van der Waals surface area contributed by atoms with Gasteiger partial charge in [-0.1, -0.05) is 15.9 Å². The number of benzene rings is 1. The summed E-state index contributed by atoms with van der Waals surface area (Å²) in [4.78, 5) is 5.47. The standard InChI is InChI=1S/C13H18BrN3S/c1-9(6-7-16(2)3)17-12-5-4-10(14)8-11(12)15-13(17)18/h4-5,8-9H,6-7H2,1-3H3,(H,15,18). The van der Waals surface area contributed by atoms with Crippen LogP contribution < -0.4 is 0 Å². The molecule has 1 unspecified atom stereocenters. The number of nitrogens with one attached hydrogen (secondary N) is 1. The van der Waals surface area contributed by atoms with Crippen LogP contribution in [0, 0.1) is 4.77 Å². The van der Waals surface area contributed by atoms with E-state index < -0.39 is 0 Å². The fourth-order valence-corrected chi connectivity index (χ4v) is 2.86. The van der Waals surface area contributed by atoms with Gasteiger partial charge in [0.15, 0.2) is 4.77 Å². The van der Waals surface area contributed by atoms with Crippen molar-refractivity contribution in [2.24, 2.45) is 0 Å². The molecule has 0 saturated heterocycles. The summed E-state index contributed by atoms with van der Waals surface area (Å²) in [6.07, 6.45) is 1.09. The van der Waals surface area contributed by atoms with E-state index >= 15 is 0 Å². The van der Waals surface area contributed by atoms with Crippen LogP contribution >= 0.6 is 28.1 Å². The number of halogens is 1. The topological polar surface area (TPSA) is 24.0 Å². The number of H-pyrrole nitrogens is 1. The average Bonchev–Trinajstić information content (AvgIpc) is 2.61. The van der Waals surface area contributed by atoms with Gasteiger partial charge in [-0.05, 0) is 64.4 Å². The van der Waals surface area contributed by atoms with Gasteiger partial charge in [0.2, 0.25) is 0 Å². The number of nitrogens with zero attached hydrogens (tertiary/aromatic N) is 2. The maximum atomic E-state index is 5.43. The third-order valence-electron chi connectivity index (χ3n) is 3.11. The first-order valence-electron chi connectivity index (χ1n) is 6.03. The van der Waals surface area contributed by atoms with Gasteiger partial charge in [-0.2, -0.15) is 0 Å². The van der Waals surface area contributed by atoms with Crippen LogP contribution in [0.4, 0.5) is 0 Å². The van der Waals surface area contributed by atoms with Crippen molar-refractivity contribution < 1.29 is 0 Å². The van der Waals surface area contributed by atoms with E-state index in [1.54, 1.807) is 0 Å². The Morgan fingerprint density at radius 3 is 2.83 bits per heavy atom. The number of aromatic amines is 1. The van der Waals surface area contributed by atoms with E-state index in [-0.39, 0.29) is 0 Å². The van der Waals surface area contributed by atoms with Crippen LogP contribution in [0.15, 0.2) is 22.7 Å². The van der Waals surface area contributed by atoms with Gasteiger partial charge in [-0.3, -0.25) is 0 Å². The molecule has 0 fully saturated rings. The molecule has 2 rings (SSSR count). The molecule has 2 aromatic rings. The molecular formula is C13H18BrN3S. The van der Waals surface area contributed by atoms with Crippen molar-refractivity contribution in [1.29, 1.82) is 0 Å². The van der Waals surface area contributed by atoms with Crippen LogP contribution in [0.2, 0.25) is 0 Å². The highest BCUT2D eigenvalue weighted by Crippen LogP contribution is 2.24. The second kappa shape index (κ2) is 5.55. The first-order valence-corrected chi connectivity index (χ1v) is 7.23. The molecule has 5 heteroatoms. The van der Waals surface area contributed by atoms with Gasteiger partial charge in [0.1, 0.15) is 0 Å². The molecule has 0 amide bonds. The Bertz CT molecular complexity index is 600. The normalized spacial score (nSPS) is 13.4. The summed E-state index contributed by atoms with van der Waals surface area (Å²) in [5, 5.41) is 0. The van der Waals surface area contributed by atoms with E-state index in [1.165, 1.54) is 5.52 Å². The molecule has 18 heavy (non-hydrogen) atoms. The number of imidazole rings is 1. The smallest absolute Gasteiger partial charge is 0.178 e. The summed E-state index contributed by atoms with van der Waals surface area (Å²) >= 11 is 8.91. The Hall–Kier alpha value is -0.650. The zero-order valence-electron chi connectivity index (χ0n) is 10.9. The number of aromatic nitrogens is 2. The lowest BCUT2D eigenvalue weighted by Gasteiger charge is -2.17. The van der Waals surface area contributed by atoms with Gasteiger partial charge in [0.25, 0.3) is 0 Å². The van der Waals surface area contributed by atoms with Crippen molar-refractivity contribution >= 4 is 39.2 Å². The summed E-state index contributed by atoms with van der Waals surface area (Å²) < 4.78 is 4.08. The second-order valence-electron chi connectivity index (χ2n) is 4.90. The minimum absolute atomic E-state index is 0.398. The number of fused-ring (bicyclic) bond motifs is 1. The molecular weight excluding hydrogens is 310 g/mol. The third-order valence-corrected chi connectivity index (χ3v) is 3.91. The molecule has 1 aromatic carbocycles. The highest BCUT2D eigenvalue weighted by molar-refractivity contribution is 9.10. The highest BCUT2D eigenvalue weighted by Gasteiger charge is 2.11. The van der Waals surface area contributed by atoms with Gasteiger partial charge in [0, 0.05) is 10.5 Å². The quantitative estimate of drug-likeness (QED) is 0.859. The van der Waals surface area contributed by atoms with Crippen molar-refractivity contribution in [1.82, 2.24) is 14.5 Å². The minimum Gasteiger partial charge on any atom is -0.331 e. The van der Waals surface area contributed by atoms with E-state index in [0.717, 1.165) is 27.7 Å². The van der Waals surface area contributed by atoms with Crippen molar-refractivity contribution in [3.63, 3.8) is 0 Å². The predicted octanol–water partition coefficient (Wildman–Crippen LogP) is 3.97. The lowest BCUT2D eigenvalue weighted by Crippen LogP contribution is -2.17. The molecule has 0 spiro atoms. The van der Waals surface area contributed by atoms with Crippen LogP contribution in [0.25, 0.3) is 11.0 Å². The summed E-state index contributed by atoms with van der Waals surface area (Å²) in [7, 11) is 4.19. The number of rotatable bonds is 4. The molecule has 0 radical (unpaired) electrons. The fourth-order valence-electron chi connectivity index (χ4n) is 2.12. The second-order valence-corrected chi connectivity index (χ2v) is 6.20. The molecule has 0 aliphatic carbocycles. The van der Waals surface area contributed by atoms with Crippen molar-refractivity contribution in [3.05, 3.63) is 27.4 Å². The largest absolute Gasteiger partial charge is 0.331 e. The van der Waals surface area contributed by atoms with E-state index in [9.17, 15) is 0 Å². The van der Waals surface area contributed by atoms with E-state index in [2.05, 4.69) is 69.6 Å². The van der Waals surface area contributed by atoms with Crippen LogP contribution in [0.3, 0.4) is 0 Å². The molecule has 98 valence electrons. The fraction of sp³-hybridized carbons (Fsp3) is 0.462. The monoisotopic (exact) mass is 327 g/mol. The summed E-state index contributed by atoms with van der Waals surface area (Å²) in [5.41, 5.74) is 2.26. The molecule has 0 saturated carbocycles. The van der Waals surface area contributed by atoms with Crippen LogP contribution in [0.5, 0.6) is 0 Å². The van der Waals surface area contributed by atoms with Gasteiger partial charge in [-0.25, -0.2) is 0 Å². The third kappa shape index (κ3) is 2.84. The van der Waals surface area contributed by atoms with Gasteiger partial charge >= 0.3 is 0 Å². The van der Waals surface area contributed by atoms with Crippen molar-refractivity contribution in [3.8, 4) is 0 Å². The summed E-state index contributed by atoms with van der Waals surface area (Å²) in [6.45, 7) is 3.28. The van der Waals surface area contributed by atoms with Gasteiger partial charge < -0.3 is 14.5 Å². The lowest BCUT2D eigenvalue weighted by molar-refractivity contribution is 0.359. The van der Waals surface area contributed by atoms with Gasteiger partial charge in [0.05, 0.1) is 11.0 Å². The summed E-state index contributed by atoms with van der Waals surface area (Å²) in [5.74, 6) is 0. The van der Waals surface area contributed by atoms with Crippen LogP contribution in [-0.4, -0.2) is 35.1 Å². The van der Waals surface area contributed by atoms with E-state index in [1.807, 2.05) is 0 Å². The van der Waals surface area contributed by atoms with Crippen LogP contribution in [0.1, 0.15) is 19.4 Å². The Morgan fingerprint density at radius 1 is 1.44 bits per heavy atom. The molecule has 0 aliphatic rings. The molecule has 1 atom stereocenters. The highest BCUT2D eigenvalue weighted by atomic mass is 79.9. The minimum atomic E-state index is 0.398. The Balaban J connectivity index is 2.38. The first kappa shape index (κ1) is 13.8. The number of hydrogen-bond donors (Lipinski definition) is 1. The Labute approximate surface area is 121 Å². The average molecular weight is 328 g/mol. The zero-order chi connectivity index (χ0) is 13.3. The maximum Gasteiger partial charge on any atom is 0.178 e. The number of hydrogen-bond acceptors (Lipinski definition) is 2. The van der Waals surface area contributed by atoms with Crippen molar-refractivity contribution in [2.75, 3.05) is 20.6 Å². The Kier molecular flexibility index (Phi) is 4.25. The first-order chi connectivity index (χ1) is 8.49. The predicted molar refractivity (Wildman–Crippen MR) is 82.7 cm³/mol. The molecule has 1 N–H and O–H groups in total. The van der Waals surface area contributed by atoms with Gasteiger partial charge in [-0.15, -0.1) is 0 Å². The zero-order valence-corrected chi connectivity index (χ0v) is 13.3. The van der Waals surface area contributed by atoms with E-state index in [4.69, 9.17) is 12.2 Å².